The van der Waals surface area contributed by atoms with Gasteiger partial charge in [0.1, 0.15) is 12.4 Å². The lowest BCUT2D eigenvalue weighted by molar-refractivity contribution is -0.131. The fourth-order valence-corrected chi connectivity index (χ4v) is 5.71. The largest absolute Gasteiger partial charge is 0.389 e. The number of benzene rings is 2. The molecule has 2 aromatic rings. The molecule has 2 aromatic carbocycles. The summed E-state index contributed by atoms with van der Waals surface area (Å²) in [6.45, 7) is 6.01. The van der Waals surface area contributed by atoms with Crippen molar-refractivity contribution in [3.63, 3.8) is 0 Å². The van der Waals surface area contributed by atoms with Crippen LogP contribution in [0, 0.1) is 11.7 Å². The maximum Gasteiger partial charge on any atom is 0.246 e. The number of amides is 1. The van der Waals surface area contributed by atoms with E-state index in [4.69, 9.17) is 9.47 Å². The van der Waals surface area contributed by atoms with Crippen molar-refractivity contribution in [3.8, 4) is 0 Å². The second kappa shape index (κ2) is 12.2. The van der Waals surface area contributed by atoms with Crippen molar-refractivity contribution in [2.75, 3.05) is 32.9 Å². The summed E-state index contributed by atoms with van der Waals surface area (Å²) in [4.78, 5) is 12.8. The minimum atomic E-state index is -4.04. The Bertz CT molecular complexity index is 1090. The third-order valence-electron chi connectivity index (χ3n) is 6.17. The number of sulfonamides is 1. The molecule has 1 heterocycles. The lowest BCUT2D eigenvalue weighted by Gasteiger charge is -2.38. The first-order valence-electron chi connectivity index (χ1n) is 12.0. The molecule has 1 aliphatic heterocycles. The van der Waals surface area contributed by atoms with Crippen LogP contribution < -0.4 is 5.32 Å². The normalized spacial score (nSPS) is 18.8. The summed E-state index contributed by atoms with van der Waals surface area (Å²) in [7, 11) is -4.04. The Morgan fingerprint density at radius 3 is 2.44 bits per heavy atom. The number of ether oxygens (including phenoxy) is 2. The average Bonchev–Trinajstić information content (AvgIpc) is 3.36. The molecule has 1 fully saturated rings. The Balaban J connectivity index is 1.85. The Kier molecular flexibility index (Phi) is 9.59. The number of nitrogens with one attached hydrogen (secondary N) is 1. The fourth-order valence-electron chi connectivity index (χ4n) is 4.10. The highest BCUT2D eigenvalue weighted by Gasteiger charge is 2.40. The Hall–Kier alpha value is -2.37. The molecule has 0 radical (unpaired) electrons. The van der Waals surface area contributed by atoms with Gasteiger partial charge in [0, 0.05) is 19.7 Å². The highest BCUT2D eigenvalue weighted by molar-refractivity contribution is 7.89. The molecule has 0 aromatic heterocycles. The summed E-state index contributed by atoms with van der Waals surface area (Å²) in [5.41, 5.74) is -0.708. The Morgan fingerprint density at radius 2 is 1.86 bits per heavy atom. The van der Waals surface area contributed by atoms with E-state index in [9.17, 15) is 22.7 Å². The van der Waals surface area contributed by atoms with Gasteiger partial charge in [-0.3, -0.25) is 4.79 Å². The van der Waals surface area contributed by atoms with E-state index >= 15 is 0 Å². The number of nitrogens with zero attached hydrogens (tertiary/aromatic N) is 1. The lowest BCUT2D eigenvalue weighted by atomic mass is 9.86. The molecule has 1 amide bonds. The fraction of sp³-hybridized carbons (Fsp3) is 0.500. The highest BCUT2D eigenvalue weighted by atomic mass is 32.2. The minimum Gasteiger partial charge on any atom is -0.389 e. The van der Waals surface area contributed by atoms with Crippen LogP contribution >= 0.6 is 0 Å². The van der Waals surface area contributed by atoms with Crippen molar-refractivity contribution in [3.05, 3.63) is 66.0 Å². The van der Waals surface area contributed by atoms with Gasteiger partial charge in [0.15, 0.2) is 0 Å². The summed E-state index contributed by atoms with van der Waals surface area (Å²) in [5.74, 6) is -1.04. The number of aliphatic hydroxyl groups excluding tert-OH is 1. The molecule has 3 atom stereocenters. The number of halogens is 1. The van der Waals surface area contributed by atoms with Crippen molar-refractivity contribution in [1.82, 2.24) is 9.62 Å². The molecule has 0 spiro atoms. The van der Waals surface area contributed by atoms with E-state index in [-0.39, 0.29) is 36.6 Å². The number of carbonyl (C=O) groups excluding carboxylic acids is 1. The predicted octanol–water partition coefficient (Wildman–Crippen LogP) is 2.67. The van der Waals surface area contributed by atoms with Gasteiger partial charge in [0.05, 0.1) is 29.2 Å². The van der Waals surface area contributed by atoms with Gasteiger partial charge < -0.3 is 19.9 Å². The van der Waals surface area contributed by atoms with Crippen LogP contribution in [0.25, 0.3) is 0 Å². The van der Waals surface area contributed by atoms with Gasteiger partial charge in [-0.2, -0.15) is 4.31 Å². The van der Waals surface area contributed by atoms with Crippen LogP contribution in [0.2, 0.25) is 0 Å². The molecule has 0 saturated carbocycles. The van der Waals surface area contributed by atoms with Gasteiger partial charge in [-0.15, -0.1) is 0 Å². The summed E-state index contributed by atoms with van der Waals surface area (Å²) < 4.78 is 52.3. The van der Waals surface area contributed by atoms with Crippen molar-refractivity contribution in [2.45, 2.75) is 49.8 Å². The summed E-state index contributed by atoms with van der Waals surface area (Å²) in [6, 6.07) is 13.5. The second-order valence-electron chi connectivity index (χ2n) is 9.60. The molecule has 0 aliphatic carbocycles. The lowest BCUT2D eigenvalue weighted by Crippen LogP contribution is -2.57. The van der Waals surface area contributed by atoms with Crippen molar-refractivity contribution in [2.24, 2.45) is 5.92 Å². The molecular formula is C26H35FN2O6S. The molecule has 36 heavy (non-hydrogen) atoms. The third kappa shape index (κ3) is 7.10. The van der Waals surface area contributed by atoms with E-state index in [1.54, 1.807) is 31.2 Å². The van der Waals surface area contributed by atoms with Gasteiger partial charge >= 0.3 is 0 Å². The van der Waals surface area contributed by atoms with Crippen molar-refractivity contribution < 1.29 is 32.2 Å². The first kappa shape index (κ1) is 28.2. The number of hydrogen-bond donors (Lipinski definition) is 2. The zero-order valence-electron chi connectivity index (χ0n) is 20.9. The summed E-state index contributed by atoms with van der Waals surface area (Å²) >= 11 is 0. The number of hydrogen-bond acceptors (Lipinski definition) is 6. The molecule has 1 saturated heterocycles. The maximum atomic E-state index is 13.4. The van der Waals surface area contributed by atoms with Crippen LogP contribution in [-0.2, 0) is 29.8 Å². The summed E-state index contributed by atoms with van der Waals surface area (Å²) in [6.07, 6.45) is -0.768. The van der Waals surface area contributed by atoms with Gasteiger partial charge in [0.2, 0.25) is 15.9 Å². The number of aliphatic hydroxyl groups is 1. The molecule has 3 rings (SSSR count). The van der Waals surface area contributed by atoms with Gasteiger partial charge in [-0.25, -0.2) is 12.8 Å². The molecule has 8 nitrogen and oxygen atoms in total. The van der Waals surface area contributed by atoms with E-state index in [0.717, 1.165) is 12.1 Å². The molecule has 0 unspecified atom stereocenters. The predicted molar refractivity (Wildman–Crippen MR) is 133 cm³/mol. The zero-order valence-corrected chi connectivity index (χ0v) is 21.7. The number of rotatable bonds is 12. The molecule has 2 N–H and O–H groups in total. The van der Waals surface area contributed by atoms with Crippen molar-refractivity contribution in [1.29, 1.82) is 0 Å². The zero-order chi connectivity index (χ0) is 26.3. The first-order chi connectivity index (χ1) is 17.0. The van der Waals surface area contributed by atoms with Gasteiger partial charge in [-0.05, 0) is 49.1 Å². The van der Waals surface area contributed by atoms with Crippen LogP contribution in [0.5, 0.6) is 0 Å². The van der Waals surface area contributed by atoms with Crippen LogP contribution in [0.15, 0.2) is 59.5 Å². The molecule has 198 valence electrons. The Labute approximate surface area is 212 Å². The standard InChI is InChI=1S/C26H35FN2O6S/c1-19(2)15-29(36(32,33)23-11-9-21(27)10-12-23)16-24(30)26(3,20-7-5-4-6-8-20)28-25(31)18-35-22-13-14-34-17-22/h4-12,19,22,24,30H,13-18H2,1-3H3,(H,28,31)/t22-,24+,26-/m0/s1. The maximum absolute atomic E-state index is 13.4. The van der Waals surface area contributed by atoms with Crippen LogP contribution in [-0.4, -0.2) is 68.9 Å². The highest BCUT2D eigenvalue weighted by Crippen LogP contribution is 2.28. The number of carbonyl (C=O) groups is 1. The smallest absolute Gasteiger partial charge is 0.246 e. The monoisotopic (exact) mass is 522 g/mol. The molecule has 10 heteroatoms. The van der Waals surface area contributed by atoms with E-state index in [0.29, 0.717) is 25.2 Å². The van der Waals surface area contributed by atoms with E-state index in [1.165, 1.54) is 16.4 Å². The average molecular weight is 523 g/mol. The first-order valence-corrected chi connectivity index (χ1v) is 13.5. The van der Waals surface area contributed by atoms with Crippen molar-refractivity contribution >= 4 is 15.9 Å². The molecule has 0 bridgehead atoms. The van der Waals surface area contributed by atoms with Crippen LogP contribution in [0.1, 0.15) is 32.8 Å². The SMILES string of the molecule is CC(C)CN(C[C@@H](O)[C@@](C)(NC(=O)CO[C@H]1CCOC1)c1ccccc1)S(=O)(=O)c1ccc(F)cc1. The second-order valence-corrected chi connectivity index (χ2v) is 11.5. The summed E-state index contributed by atoms with van der Waals surface area (Å²) in [5, 5.41) is 14.3. The quantitative estimate of drug-likeness (QED) is 0.444. The molecule has 1 aliphatic rings. The van der Waals surface area contributed by atoms with Crippen LogP contribution in [0.4, 0.5) is 4.39 Å². The topological polar surface area (TPSA) is 105 Å². The van der Waals surface area contributed by atoms with E-state index in [1.807, 2.05) is 19.9 Å². The van der Waals surface area contributed by atoms with Crippen LogP contribution in [0.3, 0.4) is 0 Å². The van der Waals surface area contributed by atoms with E-state index < -0.39 is 33.4 Å². The molecular weight excluding hydrogens is 487 g/mol. The van der Waals surface area contributed by atoms with Gasteiger partial charge in [0.25, 0.3) is 0 Å². The van der Waals surface area contributed by atoms with E-state index in [2.05, 4.69) is 5.32 Å². The third-order valence-corrected chi connectivity index (χ3v) is 8.02. The van der Waals surface area contributed by atoms with Gasteiger partial charge in [-0.1, -0.05) is 44.2 Å². The Morgan fingerprint density at radius 1 is 1.19 bits per heavy atom. The minimum absolute atomic E-state index is 0.0490.